The number of carbonyl (C=O) groups is 1. The number of carbonyl (C=O) groups excluding carboxylic acids is 1. The standard InChI is InChI=1S/C20H21Cl2N3OS/c1-20(2,3)11-4-6-13-14(10-23)18(27-17(13)8-11)25-19(26)24-12-5-7-15(21)16(22)9-12/h5,7,9,11H,4,6,8H2,1-3H3,(H2,24,25,26)/t11-/m1/s1. The lowest BCUT2D eigenvalue weighted by Gasteiger charge is -2.33. The van der Waals surface area contributed by atoms with Crippen LogP contribution in [0.15, 0.2) is 18.2 Å². The van der Waals surface area contributed by atoms with Crippen molar-refractivity contribution in [2.24, 2.45) is 11.3 Å². The molecule has 27 heavy (non-hydrogen) atoms. The lowest BCUT2D eigenvalue weighted by Crippen LogP contribution is -2.26. The second-order valence-corrected chi connectivity index (χ2v) is 9.75. The quantitative estimate of drug-likeness (QED) is 0.564. The third-order valence-electron chi connectivity index (χ3n) is 5.01. The van der Waals surface area contributed by atoms with Gasteiger partial charge in [-0.25, -0.2) is 4.79 Å². The van der Waals surface area contributed by atoms with Gasteiger partial charge in [0.2, 0.25) is 0 Å². The molecule has 0 aliphatic heterocycles. The minimum atomic E-state index is -0.407. The summed E-state index contributed by atoms with van der Waals surface area (Å²) in [6, 6.07) is 6.75. The van der Waals surface area contributed by atoms with E-state index < -0.39 is 6.03 Å². The summed E-state index contributed by atoms with van der Waals surface area (Å²) in [5.74, 6) is 0.577. The first-order valence-corrected chi connectivity index (χ1v) is 10.3. The number of nitrogens with one attached hydrogen (secondary N) is 2. The van der Waals surface area contributed by atoms with Gasteiger partial charge in [-0.15, -0.1) is 11.3 Å². The summed E-state index contributed by atoms with van der Waals surface area (Å²) >= 11 is 13.4. The van der Waals surface area contributed by atoms with Gasteiger partial charge >= 0.3 is 6.03 Å². The average Bonchev–Trinajstić information content (AvgIpc) is 2.93. The second kappa shape index (κ2) is 7.71. The van der Waals surface area contributed by atoms with E-state index in [9.17, 15) is 10.1 Å². The van der Waals surface area contributed by atoms with Crippen LogP contribution >= 0.6 is 34.5 Å². The van der Waals surface area contributed by atoms with Gasteiger partial charge in [0, 0.05) is 10.6 Å². The molecule has 1 aromatic carbocycles. The zero-order valence-electron chi connectivity index (χ0n) is 15.5. The smallest absolute Gasteiger partial charge is 0.308 e. The van der Waals surface area contributed by atoms with Gasteiger partial charge in [-0.05, 0) is 54.4 Å². The van der Waals surface area contributed by atoms with Gasteiger partial charge in [0.15, 0.2) is 0 Å². The fourth-order valence-electron chi connectivity index (χ4n) is 3.37. The zero-order chi connectivity index (χ0) is 19.8. The molecule has 1 atom stereocenters. The maximum atomic E-state index is 12.4. The Morgan fingerprint density at radius 2 is 2.00 bits per heavy atom. The van der Waals surface area contributed by atoms with E-state index in [4.69, 9.17) is 23.2 Å². The number of nitrogens with zero attached hydrogens (tertiary/aromatic N) is 1. The number of benzene rings is 1. The summed E-state index contributed by atoms with van der Waals surface area (Å²) in [6.45, 7) is 6.77. The zero-order valence-corrected chi connectivity index (χ0v) is 17.8. The summed E-state index contributed by atoms with van der Waals surface area (Å²) in [7, 11) is 0. The van der Waals surface area contributed by atoms with Crippen LogP contribution in [-0.4, -0.2) is 6.03 Å². The summed E-state index contributed by atoms with van der Waals surface area (Å²) in [5.41, 5.74) is 2.45. The topological polar surface area (TPSA) is 64.9 Å². The SMILES string of the molecule is CC(C)(C)[C@@H]1CCc2c(sc(NC(=O)Nc3ccc(Cl)c(Cl)c3)c2C#N)C1. The summed E-state index contributed by atoms with van der Waals surface area (Å²) in [4.78, 5) is 13.6. The van der Waals surface area contributed by atoms with Crippen LogP contribution in [0.25, 0.3) is 0 Å². The Hall–Kier alpha value is -1.74. The molecule has 0 radical (unpaired) electrons. The van der Waals surface area contributed by atoms with Crippen molar-refractivity contribution in [2.45, 2.75) is 40.0 Å². The Morgan fingerprint density at radius 3 is 2.63 bits per heavy atom. The number of fused-ring (bicyclic) bond motifs is 1. The molecule has 0 saturated heterocycles. The summed E-state index contributed by atoms with van der Waals surface area (Å²) in [6.07, 6.45) is 2.90. The molecular weight excluding hydrogens is 401 g/mol. The van der Waals surface area contributed by atoms with Crippen molar-refractivity contribution >= 4 is 51.3 Å². The van der Waals surface area contributed by atoms with Crippen LogP contribution < -0.4 is 10.6 Å². The number of urea groups is 1. The number of halogens is 2. The van der Waals surface area contributed by atoms with E-state index >= 15 is 0 Å². The van der Waals surface area contributed by atoms with E-state index in [0.29, 0.717) is 32.2 Å². The van der Waals surface area contributed by atoms with Gasteiger partial charge in [-0.3, -0.25) is 5.32 Å². The third-order valence-corrected chi connectivity index (χ3v) is 6.92. The van der Waals surface area contributed by atoms with Crippen molar-refractivity contribution in [3.63, 3.8) is 0 Å². The monoisotopic (exact) mass is 421 g/mol. The number of amides is 2. The average molecular weight is 422 g/mol. The maximum absolute atomic E-state index is 12.4. The summed E-state index contributed by atoms with van der Waals surface area (Å²) < 4.78 is 0. The Kier molecular flexibility index (Phi) is 5.71. The fourth-order valence-corrected chi connectivity index (χ4v) is 4.94. The number of hydrogen-bond donors (Lipinski definition) is 2. The second-order valence-electron chi connectivity index (χ2n) is 7.83. The molecule has 0 bridgehead atoms. The van der Waals surface area contributed by atoms with Gasteiger partial charge in [0.05, 0.1) is 15.6 Å². The molecule has 0 spiro atoms. The maximum Gasteiger partial charge on any atom is 0.324 e. The fraction of sp³-hybridized carbons (Fsp3) is 0.400. The van der Waals surface area contributed by atoms with E-state index in [1.807, 2.05) is 0 Å². The van der Waals surface area contributed by atoms with Crippen molar-refractivity contribution in [3.05, 3.63) is 44.2 Å². The van der Waals surface area contributed by atoms with Gasteiger partial charge in [-0.1, -0.05) is 44.0 Å². The Labute approximate surface area is 173 Å². The highest BCUT2D eigenvalue weighted by atomic mass is 35.5. The van der Waals surface area contributed by atoms with Crippen molar-refractivity contribution in [1.29, 1.82) is 5.26 Å². The molecule has 2 N–H and O–H groups in total. The molecule has 0 fully saturated rings. The molecule has 7 heteroatoms. The minimum Gasteiger partial charge on any atom is -0.308 e. The van der Waals surface area contributed by atoms with Crippen molar-refractivity contribution in [3.8, 4) is 6.07 Å². The van der Waals surface area contributed by atoms with Crippen LogP contribution in [0.4, 0.5) is 15.5 Å². The lowest BCUT2D eigenvalue weighted by atomic mass is 9.72. The van der Waals surface area contributed by atoms with Crippen LogP contribution in [0.5, 0.6) is 0 Å². The Morgan fingerprint density at radius 1 is 1.26 bits per heavy atom. The molecule has 1 heterocycles. The molecule has 0 saturated carbocycles. The highest BCUT2D eigenvalue weighted by Crippen LogP contribution is 2.44. The number of anilines is 2. The van der Waals surface area contributed by atoms with Gasteiger partial charge < -0.3 is 5.32 Å². The molecule has 3 rings (SSSR count). The first-order valence-electron chi connectivity index (χ1n) is 8.76. The van der Waals surface area contributed by atoms with Crippen LogP contribution in [0.3, 0.4) is 0 Å². The normalized spacial score (nSPS) is 16.4. The van der Waals surface area contributed by atoms with Crippen LogP contribution in [0, 0.1) is 22.7 Å². The van der Waals surface area contributed by atoms with Crippen LogP contribution in [0.2, 0.25) is 10.0 Å². The van der Waals surface area contributed by atoms with E-state index in [1.165, 1.54) is 16.2 Å². The highest BCUT2D eigenvalue weighted by molar-refractivity contribution is 7.16. The molecule has 0 unspecified atom stereocenters. The van der Waals surface area contributed by atoms with Crippen LogP contribution in [0.1, 0.15) is 43.2 Å². The lowest BCUT2D eigenvalue weighted by molar-refractivity contribution is 0.218. The predicted octanol–water partition coefficient (Wildman–Crippen LogP) is 6.72. The molecule has 142 valence electrons. The molecule has 2 amide bonds. The van der Waals surface area contributed by atoms with Crippen LogP contribution in [-0.2, 0) is 12.8 Å². The first-order chi connectivity index (χ1) is 12.7. The van der Waals surface area contributed by atoms with Gasteiger partial charge in [0.25, 0.3) is 0 Å². The number of nitriles is 1. The van der Waals surface area contributed by atoms with E-state index in [-0.39, 0.29) is 5.41 Å². The number of rotatable bonds is 2. The van der Waals surface area contributed by atoms with Crippen molar-refractivity contribution in [2.75, 3.05) is 10.6 Å². The Balaban J connectivity index is 1.77. The highest BCUT2D eigenvalue weighted by Gasteiger charge is 2.32. The van der Waals surface area contributed by atoms with Gasteiger partial charge in [0.1, 0.15) is 11.1 Å². The molecule has 1 aliphatic rings. The third kappa shape index (κ3) is 4.40. The first kappa shape index (κ1) is 20.0. The number of thiophene rings is 1. The molecule has 1 aromatic heterocycles. The van der Waals surface area contributed by atoms with Gasteiger partial charge in [-0.2, -0.15) is 5.26 Å². The summed E-state index contributed by atoms with van der Waals surface area (Å²) in [5, 5.41) is 16.6. The van der Waals surface area contributed by atoms with E-state index in [2.05, 4.69) is 37.5 Å². The molecule has 4 nitrogen and oxygen atoms in total. The number of hydrogen-bond acceptors (Lipinski definition) is 3. The largest absolute Gasteiger partial charge is 0.324 e. The molecule has 1 aliphatic carbocycles. The van der Waals surface area contributed by atoms with E-state index in [0.717, 1.165) is 24.8 Å². The van der Waals surface area contributed by atoms with Crippen molar-refractivity contribution < 1.29 is 4.79 Å². The molecule has 2 aromatic rings. The predicted molar refractivity (Wildman–Crippen MR) is 113 cm³/mol. The Bertz CT molecular complexity index is 925. The molecular formula is C20H21Cl2N3OS. The van der Waals surface area contributed by atoms with E-state index in [1.54, 1.807) is 18.2 Å². The minimum absolute atomic E-state index is 0.229. The van der Waals surface area contributed by atoms with Crippen molar-refractivity contribution in [1.82, 2.24) is 0 Å².